The maximum Gasteiger partial charge on any atom is 0.472 e. The Hall–Kier alpha value is -3.67. The Morgan fingerprint density at radius 2 is 1.10 bits per heavy atom. The molecule has 0 aliphatic heterocycles. The van der Waals surface area contributed by atoms with Crippen molar-refractivity contribution in [3.8, 4) is 0 Å². The standard InChI is InChI=1S/C47H74NO10P/c1-3-5-7-8-9-10-11-12-13-14-15-16-17-18-19-23-31-37-46(51)55-41-45(42-57-59(53,54)56-40-39-48)58-47(52)38-32-24-21-20-22-28-34-44(50)36-30-26-25-29-35-43(49)33-27-6-4-2/h5-7,9-10,12-13,15-16,21-22,24-30,35-36,43-45,49-50H,3-4,8,11,14,17-20,23,31-34,37-42,48H2,1-2H3,(H,53,54)/b7-5-,10-9-,13-12-,16-15-,24-21-,26-25-,27-6-,28-22-,35-29+,36-30+/t43-,44+,45+/m0/s1. The zero-order valence-electron chi connectivity index (χ0n) is 35.6. The highest BCUT2D eigenvalue weighted by Gasteiger charge is 2.25. The molecule has 0 saturated heterocycles. The van der Waals surface area contributed by atoms with Crippen LogP contribution in [0.1, 0.15) is 117 Å². The fourth-order valence-electron chi connectivity index (χ4n) is 4.88. The third-order valence-corrected chi connectivity index (χ3v) is 9.01. The van der Waals surface area contributed by atoms with Gasteiger partial charge in [0.05, 0.1) is 25.4 Å². The molecule has 0 aliphatic carbocycles. The Morgan fingerprint density at radius 3 is 1.69 bits per heavy atom. The van der Waals surface area contributed by atoms with Crippen LogP contribution in [0.15, 0.2) is 122 Å². The van der Waals surface area contributed by atoms with Crippen molar-refractivity contribution in [1.29, 1.82) is 0 Å². The van der Waals surface area contributed by atoms with Gasteiger partial charge in [0.25, 0.3) is 0 Å². The highest BCUT2D eigenvalue weighted by Crippen LogP contribution is 2.43. The molecule has 0 amide bonds. The predicted molar refractivity (Wildman–Crippen MR) is 240 cm³/mol. The second kappa shape index (κ2) is 41.1. The maximum atomic E-state index is 12.6. The summed E-state index contributed by atoms with van der Waals surface area (Å²) in [7, 11) is -4.44. The molecule has 0 rings (SSSR count). The summed E-state index contributed by atoms with van der Waals surface area (Å²) in [5.74, 6) is -1.04. The molecule has 12 heteroatoms. The Kier molecular flexibility index (Phi) is 38.5. The van der Waals surface area contributed by atoms with Crippen LogP contribution in [0.3, 0.4) is 0 Å². The predicted octanol–water partition coefficient (Wildman–Crippen LogP) is 10.1. The lowest BCUT2D eigenvalue weighted by Gasteiger charge is -2.19. The Labute approximate surface area is 355 Å². The van der Waals surface area contributed by atoms with Gasteiger partial charge in [0, 0.05) is 19.4 Å². The van der Waals surface area contributed by atoms with Crippen LogP contribution in [0.25, 0.3) is 0 Å². The smallest absolute Gasteiger partial charge is 0.462 e. The number of hydrogen-bond acceptors (Lipinski definition) is 10. The van der Waals surface area contributed by atoms with E-state index in [1.54, 1.807) is 36.5 Å². The van der Waals surface area contributed by atoms with E-state index in [1.165, 1.54) is 0 Å². The summed E-state index contributed by atoms with van der Waals surface area (Å²) < 4.78 is 32.6. The van der Waals surface area contributed by atoms with Crippen molar-refractivity contribution < 1.29 is 47.8 Å². The highest BCUT2D eigenvalue weighted by molar-refractivity contribution is 7.47. The van der Waals surface area contributed by atoms with E-state index in [0.29, 0.717) is 32.1 Å². The number of carbonyl (C=O) groups excluding carboxylic acids is 2. The van der Waals surface area contributed by atoms with Crippen LogP contribution in [0.4, 0.5) is 0 Å². The van der Waals surface area contributed by atoms with Crippen LogP contribution in [0.5, 0.6) is 0 Å². The zero-order valence-corrected chi connectivity index (χ0v) is 36.5. The van der Waals surface area contributed by atoms with E-state index in [2.05, 4.69) is 55.5 Å². The third kappa shape index (κ3) is 40.9. The van der Waals surface area contributed by atoms with Crippen molar-refractivity contribution in [3.63, 3.8) is 0 Å². The molecule has 0 aromatic heterocycles. The van der Waals surface area contributed by atoms with Gasteiger partial charge in [-0.1, -0.05) is 148 Å². The normalized spacial score (nSPS) is 15.6. The molecule has 0 aromatic carbocycles. The van der Waals surface area contributed by atoms with Crippen molar-refractivity contribution in [2.45, 2.75) is 135 Å². The number of nitrogens with two attached hydrogens (primary N) is 1. The molecule has 5 N–H and O–H groups in total. The first-order chi connectivity index (χ1) is 28.6. The highest BCUT2D eigenvalue weighted by atomic mass is 31.2. The van der Waals surface area contributed by atoms with Crippen molar-refractivity contribution >= 4 is 19.8 Å². The lowest BCUT2D eigenvalue weighted by atomic mass is 10.1. The number of aliphatic hydroxyl groups is 2. The van der Waals surface area contributed by atoms with E-state index >= 15 is 0 Å². The summed E-state index contributed by atoms with van der Waals surface area (Å²) in [6.45, 7) is 3.15. The van der Waals surface area contributed by atoms with E-state index in [-0.39, 0.29) is 32.6 Å². The Balaban J connectivity index is 4.49. The summed E-state index contributed by atoms with van der Waals surface area (Å²) in [6.07, 6.45) is 48.8. The van der Waals surface area contributed by atoms with E-state index in [9.17, 15) is 29.3 Å². The largest absolute Gasteiger partial charge is 0.472 e. The number of unbranched alkanes of at least 4 members (excludes halogenated alkanes) is 4. The van der Waals surface area contributed by atoms with Gasteiger partial charge in [-0.15, -0.1) is 0 Å². The van der Waals surface area contributed by atoms with Crippen LogP contribution in [0.2, 0.25) is 0 Å². The molecule has 0 spiro atoms. The SMILES string of the molecule is CC/C=C\C/C=C\C/C=C\C/C=C\CCCCCCC(=O)OC[C@H](COP(=O)(O)OCCN)OC(=O)CC/C=C\C/C=C\C[C@@H](O)/C=C/C=C\C=C\[C@@H](O)C/C=C\CC. The van der Waals surface area contributed by atoms with Gasteiger partial charge in [0.2, 0.25) is 0 Å². The molecule has 0 aromatic rings. The quantitative estimate of drug-likeness (QED) is 0.0154. The van der Waals surface area contributed by atoms with Crippen molar-refractivity contribution in [2.75, 3.05) is 26.4 Å². The van der Waals surface area contributed by atoms with Gasteiger partial charge in [-0.25, -0.2) is 4.57 Å². The average Bonchev–Trinajstić information content (AvgIpc) is 3.21. The number of ether oxygens (including phenoxy) is 2. The van der Waals surface area contributed by atoms with Gasteiger partial charge in [0.1, 0.15) is 6.61 Å². The van der Waals surface area contributed by atoms with Crippen LogP contribution < -0.4 is 5.73 Å². The van der Waals surface area contributed by atoms with Gasteiger partial charge < -0.3 is 30.3 Å². The minimum atomic E-state index is -4.44. The Morgan fingerprint density at radius 1 is 0.593 bits per heavy atom. The van der Waals surface area contributed by atoms with Gasteiger partial charge in [-0.05, 0) is 77.0 Å². The molecule has 4 atom stereocenters. The molecular formula is C47H74NO10P. The molecular weight excluding hydrogens is 769 g/mol. The second-order valence-electron chi connectivity index (χ2n) is 13.5. The lowest BCUT2D eigenvalue weighted by molar-refractivity contribution is -0.161. The van der Waals surface area contributed by atoms with Crippen LogP contribution in [-0.4, -0.2) is 71.7 Å². The van der Waals surface area contributed by atoms with Crippen LogP contribution in [0, 0.1) is 0 Å². The Bertz CT molecular complexity index is 1410. The van der Waals surface area contributed by atoms with Crippen LogP contribution in [-0.2, 0) is 32.7 Å². The van der Waals surface area contributed by atoms with Crippen LogP contribution >= 0.6 is 7.82 Å². The number of rotatable bonds is 37. The lowest BCUT2D eigenvalue weighted by Crippen LogP contribution is -2.29. The third-order valence-electron chi connectivity index (χ3n) is 8.02. The molecule has 332 valence electrons. The number of allylic oxidation sites excluding steroid dienone is 16. The summed E-state index contributed by atoms with van der Waals surface area (Å²) >= 11 is 0. The summed E-state index contributed by atoms with van der Waals surface area (Å²) in [6, 6.07) is 0. The summed E-state index contributed by atoms with van der Waals surface area (Å²) in [5, 5.41) is 20.0. The number of phosphoric acid groups is 1. The number of aliphatic hydroxyl groups excluding tert-OH is 2. The molecule has 0 fully saturated rings. The number of esters is 2. The van der Waals surface area contributed by atoms with E-state index in [1.807, 2.05) is 43.4 Å². The van der Waals surface area contributed by atoms with E-state index in [4.69, 9.17) is 24.3 Å². The van der Waals surface area contributed by atoms with Gasteiger partial charge in [-0.2, -0.15) is 0 Å². The first kappa shape index (κ1) is 55.3. The van der Waals surface area contributed by atoms with Gasteiger partial charge >= 0.3 is 19.8 Å². The summed E-state index contributed by atoms with van der Waals surface area (Å²) in [5.41, 5.74) is 5.33. The number of carbonyl (C=O) groups is 2. The number of phosphoric ester groups is 1. The first-order valence-corrected chi connectivity index (χ1v) is 22.7. The van der Waals surface area contributed by atoms with Crippen molar-refractivity contribution in [1.82, 2.24) is 0 Å². The fraction of sp³-hybridized carbons (Fsp3) is 0.532. The van der Waals surface area contributed by atoms with Gasteiger partial charge in [-0.3, -0.25) is 18.6 Å². The molecule has 0 radical (unpaired) electrons. The average molecular weight is 844 g/mol. The zero-order chi connectivity index (χ0) is 43.5. The van der Waals surface area contributed by atoms with E-state index < -0.39 is 44.7 Å². The van der Waals surface area contributed by atoms with E-state index in [0.717, 1.165) is 57.8 Å². The minimum absolute atomic E-state index is 0.0125. The maximum absolute atomic E-state index is 12.6. The topological polar surface area (TPSA) is 175 Å². The molecule has 59 heavy (non-hydrogen) atoms. The fourth-order valence-corrected chi connectivity index (χ4v) is 5.65. The molecule has 0 bridgehead atoms. The molecule has 0 saturated carbocycles. The van der Waals surface area contributed by atoms with Crippen molar-refractivity contribution in [3.05, 3.63) is 122 Å². The molecule has 0 aliphatic rings. The monoisotopic (exact) mass is 844 g/mol. The molecule has 11 nitrogen and oxygen atoms in total. The second-order valence-corrected chi connectivity index (χ2v) is 14.9. The van der Waals surface area contributed by atoms with Crippen molar-refractivity contribution in [2.24, 2.45) is 5.73 Å². The van der Waals surface area contributed by atoms with Gasteiger partial charge in [0.15, 0.2) is 6.10 Å². The minimum Gasteiger partial charge on any atom is -0.462 e. The first-order valence-electron chi connectivity index (χ1n) is 21.2. The molecule has 1 unspecified atom stereocenters. The molecule has 0 heterocycles. The number of hydrogen-bond donors (Lipinski definition) is 4. The summed E-state index contributed by atoms with van der Waals surface area (Å²) in [4.78, 5) is 34.8.